The highest BCUT2D eigenvalue weighted by molar-refractivity contribution is 5.73. The molecule has 49 heavy (non-hydrogen) atoms. The highest BCUT2D eigenvalue weighted by atomic mass is 16.1. The Labute approximate surface area is 283 Å². The van der Waals surface area contributed by atoms with Gasteiger partial charge in [0, 0.05) is 27.8 Å². The first-order valence-corrected chi connectivity index (χ1v) is 15.9. The molecule has 0 spiro atoms. The molecular weight excluding hydrogens is 605 g/mol. The SMILES string of the molecule is O=c1nc(-c2ccccc2)nc(-c2ccccc2)n1-c1ccc(-c2cccc(-c3nc(-c4ccccc4)nc(-c4ccccc4)n3)c2)cc1. The molecule has 7 nitrogen and oxygen atoms in total. The van der Waals surface area contributed by atoms with Crippen LogP contribution in [0.5, 0.6) is 0 Å². The number of hydrogen-bond donors (Lipinski definition) is 0. The Morgan fingerprint density at radius 2 is 0.735 bits per heavy atom. The van der Waals surface area contributed by atoms with Gasteiger partial charge in [-0.05, 0) is 29.3 Å². The van der Waals surface area contributed by atoms with E-state index in [1.54, 1.807) is 4.57 Å². The second-order valence-electron chi connectivity index (χ2n) is 11.4. The number of nitrogens with zero attached hydrogens (tertiary/aromatic N) is 6. The standard InChI is InChI=1S/C42H28N6O/c49-42-47-39(32-18-9-3-10-19-32)46-41(33-20-11-4-12-21-33)48(42)36-26-24-29(25-27-36)34-22-13-23-35(28-34)40-44-37(30-14-5-1-6-15-30)43-38(45-40)31-16-7-2-8-17-31/h1-28H. The fourth-order valence-corrected chi connectivity index (χ4v) is 5.71. The summed E-state index contributed by atoms with van der Waals surface area (Å²) in [5.74, 6) is 2.71. The molecule has 7 heteroatoms. The summed E-state index contributed by atoms with van der Waals surface area (Å²) < 4.78 is 1.56. The van der Waals surface area contributed by atoms with Gasteiger partial charge in [-0.3, -0.25) is 0 Å². The predicted octanol–water partition coefficient (Wildman–Crippen LogP) is 8.81. The van der Waals surface area contributed by atoms with E-state index in [1.165, 1.54) is 0 Å². The maximum absolute atomic E-state index is 13.6. The zero-order valence-electron chi connectivity index (χ0n) is 26.3. The monoisotopic (exact) mass is 632 g/mol. The van der Waals surface area contributed by atoms with Crippen LogP contribution in [-0.4, -0.2) is 29.5 Å². The average molecular weight is 633 g/mol. The molecule has 8 aromatic rings. The van der Waals surface area contributed by atoms with Crippen LogP contribution in [0.2, 0.25) is 0 Å². The van der Waals surface area contributed by atoms with Gasteiger partial charge in [-0.1, -0.05) is 152 Å². The highest BCUT2D eigenvalue weighted by Gasteiger charge is 2.16. The molecule has 6 aromatic carbocycles. The molecule has 0 saturated carbocycles. The molecule has 0 atom stereocenters. The van der Waals surface area contributed by atoms with Crippen LogP contribution in [0.3, 0.4) is 0 Å². The van der Waals surface area contributed by atoms with E-state index in [-0.39, 0.29) is 0 Å². The molecule has 0 fully saturated rings. The minimum Gasteiger partial charge on any atom is -0.245 e. The third-order valence-corrected chi connectivity index (χ3v) is 8.16. The first-order valence-electron chi connectivity index (χ1n) is 15.9. The molecule has 2 aromatic heterocycles. The normalized spacial score (nSPS) is 10.9. The molecule has 0 unspecified atom stereocenters. The molecule has 2 heterocycles. The Kier molecular flexibility index (Phi) is 7.89. The quantitative estimate of drug-likeness (QED) is 0.175. The van der Waals surface area contributed by atoms with Crippen molar-refractivity contribution < 1.29 is 0 Å². The highest BCUT2D eigenvalue weighted by Crippen LogP contribution is 2.29. The fraction of sp³-hybridized carbons (Fsp3) is 0. The van der Waals surface area contributed by atoms with Crippen LogP contribution in [0.1, 0.15) is 0 Å². The van der Waals surface area contributed by atoms with Gasteiger partial charge in [0.25, 0.3) is 0 Å². The predicted molar refractivity (Wildman–Crippen MR) is 194 cm³/mol. The van der Waals surface area contributed by atoms with Crippen molar-refractivity contribution in [2.75, 3.05) is 0 Å². The third kappa shape index (κ3) is 6.16. The van der Waals surface area contributed by atoms with Crippen LogP contribution in [-0.2, 0) is 0 Å². The summed E-state index contributed by atoms with van der Waals surface area (Å²) in [4.78, 5) is 37.4. The summed E-state index contributed by atoms with van der Waals surface area (Å²) in [6.45, 7) is 0. The van der Waals surface area contributed by atoms with Crippen molar-refractivity contribution >= 4 is 0 Å². The average Bonchev–Trinajstić information content (AvgIpc) is 3.19. The van der Waals surface area contributed by atoms with Gasteiger partial charge in [-0.25, -0.2) is 29.3 Å². The molecule has 0 amide bonds. The minimum atomic E-state index is -0.402. The van der Waals surface area contributed by atoms with E-state index in [9.17, 15) is 4.79 Å². The van der Waals surface area contributed by atoms with Crippen LogP contribution in [0.4, 0.5) is 0 Å². The van der Waals surface area contributed by atoms with Gasteiger partial charge in [-0.2, -0.15) is 4.98 Å². The van der Waals surface area contributed by atoms with Crippen molar-refractivity contribution in [3.05, 3.63) is 180 Å². The van der Waals surface area contributed by atoms with Crippen LogP contribution < -0.4 is 5.69 Å². The lowest BCUT2D eigenvalue weighted by Crippen LogP contribution is -2.25. The van der Waals surface area contributed by atoms with Crippen molar-refractivity contribution in [1.82, 2.24) is 29.5 Å². The Morgan fingerprint density at radius 1 is 0.327 bits per heavy atom. The summed E-state index contributed by atoms with van der Waals surface area (Å²) >= 11 is 0. The van der Waals surface area contributed by atoms with E-state index in [0.717, 1.165) is 38.9 Å². The second-order valence-corrected chi connectivity index (χ2v) is 11.4. The van der Waals surface area contributed by atoms with E-state index < -0.39 is 5.69 Å². The topological polar surface area (TPSA) is 86.5 Å². The van der Waals surface area contributed by atoms with Gasteiger partial charge in [0.15, 0.2) is 29.1 Å². The molecule has 0 aliphatic heterocycles. The lowest BCUT2D eigenvalue weighted by molar-refractivity contribution is 0.877. The molecule has 0 bridgehead atoms. The van der Waals surface area contributed by atoms with Gasteiger partial charge in [-0.15, -0.1) is 0 Å². The number of aromatic nitrogens is 6. The number of hydrogen-bond acceptors (Lipinski definition) is 6. The van der Waals surface area contributed by atoms with Gasteiger partial charge in [0.1, 0.15) is 0 Å². The van der Waals surface area contributed by atoms with Crippen molar-refractivity contribution in [2.24, 2.45) is 0 Å². The van der Waals surface area contributed by atoms with Crippen molar-refractivity contribution in [3.8, 4) is 73.8 Å². The molecule has 0 aliphatic carbocycles. The lowest BCUT2D eigenvalue weighted by Gasteiger charge is -2.14. The van der Waals surface area contributed by atoms with Gasteiger partial charge in [0.2, 0.25) is 0 Å². The van der Waals surface area contributed by atoms with Crippen molar-refractivity contribution in [1.29, 1.82) is 0 Å². The maximum Gasteiger partial charge on any atom is 0.355 e. The fourth-order valence-electron chi connectivity index (χ4n) is 5.71. The van der Waals surface area contributed by atoms with Gasteiger partial charge >= 0.3 is 5.69 Å². The largest absolute Gasteiger partial charge is 0.355 e. The summed E-state index contributed by atoms with van der Waals surface area (Å²) in [6.07, 6.45) is 0. The summed E-state index contributed by atoms with van der Waals surface area (Å²) in [6, 6.07) is 55.1. The van der Waals surface area contributed by atoms with Crippen LogP contribution >= 0.6 is 0 Å². The molecular formula is C42H28N6O. The van der Waals surface area contributed by atoms with E-state index in [1.807, 2.05) is 158 Å². The zero-order valence-corrected chi connectivity index (χ0v) is 26.3. The van der Waals surface area contributed by atoms with Crippen LogP contribution in [0.25, 0.3) is 73.8 Å². The Hall–Kier alpha value is -6.86. The Bertz CT molecular complexity index is 2370. The van der Waals surface area contributed by atoms with E-state index in [4.69, 9.17) is 19.9 Å². The van der Waals surface area contributed by atoms with E-state index in [2.05, 4.69) is 17.1 Å². The first-order chi connectivity index (χ1) is 24.2. The smallest absolute Gasteiger partial charge is 0.245 e. The summed E-state index contributed by atoms with van der Waals surface area (Å²) in [7, 11) is 0. The molecule has 8 rings (SSSR count). The maximum atomic E-state index is 13.6. The molecule has 0 N–H and O–H groups in total. The molecule has 0 radical (unpaired) electrons. The zero-order chi connectivity index (χ0) is 33.0. The third-order valence-electron chi connectivity index (χ3n) is 8.16. The van der Waals surface area contributed by atoms with E-state index >= 15 is 0 Å². The first kappa shape index (κ1) is 29.5. The number of rotatable bonds is 7. The van der Waals surface area contributed by atoms with Gasteiger partial charge in [0.05, 0.1) is 5.69 Å². The molecule has 0 aliphatic rings. The molecule has 0 saturated heterocycles. The molecule has 232 valence electrons. The van der Waals surface area contributed by atoms with E-state index in [0.29, 0.717) is 34.8 Å². The van der Waals surface area contributed by atoms with Crippen molar-refractivity contribution in [2.45, 2.75) is 0 Å². The van der Waals surface area contributed by atoms with Crippen LogP contribution in [0, 0.1) is 0 Å². The summed E-state index contributed by atoms with van der Waals surface area (Å²) in [5.41, 5.74) is 6.53. The van der Waals surface area contributed by atoms with Crippen molar-refractivity contribution in [3.63, 3.8) is 0 Å². The van der Waals surface area contributed by atoms with Crippen LogP contribution in [0.15, 0.2) is 175 Å². The minimum absolute atomic E-state index is 0.387. The number of benzene rings is 6. The Morgan fingerprint density at radius 3 is 1.24 bits per heavy atom. The second kappa shape index (κ2) is 13.1. The van der Waals surface area contributed by atoms with Gasteiger partial charge < -0.3 is 0 Å². The summed E-state index contributed by atoms with van der Waals surface area (Å²) in [5, 5.41) is 0. The lowest BCUT2D eigenvalue weighted by atomic mass is 10.0. The Balaban J connectivity index is 1.18.